The minimum atomic E-state index is -1.07. The Hall–Kier alpha value is -3.30. The number of esters is 2. The highest BCUT2D eigenvalue weighted by molar-refractivity contribution is 7.17. The molecule has 9 heteroatoms. The fraction of sp³-hybridized carbons (Fsp3) is 0.467. The molecule has 206 valence electrons. The second kappa shape index (κ2) is 11.8. The lowest BCUT2D eigenvalue weighted by molar-refractivity contribution is -0.123. The fourth-order valence-electron chi connectivity index (χ4n) is 5.56. The van der Waals surface area contributed by atoms with Crippen LogP contribution in [0.4, 0.5) is 5.00 Å². The van der Waals surface area contributed by atoms with Crippen molar-refractivity contribution in [2.75, 3.05) is 25.5 Å². The molecule has 0 fully saturated rings. The molecule has 0 radical (unpaired) electrons. The van der Waals surface area contributed by atoms with E-state index in [0.29, 0.717) is 22.7 Å². The molecule has 5 rings (SSSR count). The van der Waals surface area contributed by atoms with Gasteiger partial charge in [0.25, 0.3) is 5.91 Å². The van der Waals surface area contributed by atoms with Crippen molar-refractivity contribution in [3.05, 3.63) is 57.1 Å². The average Bonchev–Trinajstić information content (AvgIpc) is 3.25. The number of ether oxygens (including phenoxy) is 2. The molecule has 1 aliphatic heterocycles. The van der Waals surface area contributed by atoms with Gasteiger partial charge in [0, 0.05) is 41.0 Å². The Balaban J connectivity index is 1.41. The molecule has 1 N–H and O–H groups in total. The molecule has 1 amide bonds. The van der Waals surface area contributed by atoms with Crippen molar-refractivity contribution in [3.63, 3.8) is 0 Å². The molecule has 2 aromatic heterocycles. The van der Waals surface area contributed by atoms with Crippen LogP contribution in [0, 0.1) is 0 Å². The normalized spacial score (nSPS) is 16.4. The van der Waals surface area contributed by atoms with E-state index < -0.39 is 23.9 Å². The molecule has 39 heavy (non-hydrogen) atoms. The van der Waals surface area contributed by atoms with Gasteiger partial charge in [-0.25, -0.2) is 9.59 Å². The first-order chi connectivity index (χ1) is 18.9. The predicted octanol–water partition coefficient (Wildman–Crippen LogP) is 5.30. The Kier molecular flexibility index (Phi) is 8.28. The standard InChI is InChI=1S/C30H35N3O5S/c1-4-33-16-15-23-21(17-33)25(19-11-9-10-13-22(19)31-23)30(36)38-18(2)27(34)32-28-26(29(35)37-3)20-12-7-5-6-8-14-24(20)39-28/h9-11,13,18H,4-8,12,14-17H2,1-3H3,(H,32,34). The van der Waals surface area contributed by atoms with Gasteiger partial charge < -0.3 is 14.8 Å². The number of amides is 1. The van der Waals surface area contributed by atoms with Crippen molar-refractivity contribution in [3.8, 4) is 0 Å². The van der Waals surface area contributed by atoms with Crippen molar-refractivity contribution < 1.29 is 23.9 Å². The van der Waals surface area contributed by atoms with Gasteiger partial charge in [-0.2, -0.15) is 0 Å². The summed E-state index contributed by atoms with van der Waals surface area (Å²) in [5.41, 5.74) is 4.39. The third-order valence-electron chi connectivity index (χ3n) is 7.73. The predicted molar refractivity (Wildman–Crippen MR) is 151 cm³/mol. The number of thiophene rings is 1. The Bertz CT molecular complexity index is 1420. The minimum Gasteiger partial charge on any atom is -0.465 e. The lowest BCUT2D eigenvalue weighted by Crippen LogP contribution is -2.34. The number of aryl methyl sites for hydroxylation is 1. The molecule has 8 nitrogen and oxygen atoms in total. The number of hydrogen-bond donors (Lipinski definition) is 1. The first-order valence-electron chi connectivity index (χ1n) is 13.8. The molecule has 0 bridgehead atoms. The van der Waals surface area contributed by atoms with E-state index in [1.807, 2.05) is 24.3 Å². The maximum Gasteiger partial charge on any atom is 0.341 e. The molecule has 1 aromatic carbocycles. The van der Waals surface area contributed by atoms with E-state index in [1.54, 1.807) is 6.92 Å². The van der Waals surface area contributed by atoms with Crippen LogP contribution < -0.4 is 5.32 Å². The third-order valence-corrected chi connectivity index (χ3v) is 8.93. The summed E-state index contributed by atoms with van der Waals surface area (Å²) < 4.78 is 10.8. The van der Waals surface area contributed by atoms with Gasteiger partial charge >= 0.3 is 11.9 Å². The number of methoxy groups -OCH3 is 1. The maximum absolute atomic E-state index is 13.6. The summed E-state index contributed by atoms with van der Waals surface area (Å²) in [5.74, 6) is -1.48. The van der Waals surface area contributed by atoms with Crippen LogP contribution in [0.2, 0.25) is 0 Å². The van der Waals surface area contributed by atoms with Crippen LogP contribution in [-0.2, 0) is 40.1 Å². The number of benzene rings is 1. The first kappa shape index (κ1) is 27.3. The van der Waals surface area contributed by atoms with E-state index in [-0.39, 0.29) is 0 Å². The Morgan fingerprint density at radius 1 is 1.03 bits per heavy atom. The van der Waals surface area contributed by atoms with E-state index in [9.17, 15) is 14.4 Å². The Labute approximate surface area is 232 Å². The van der Waals surface area contributed by atoms with Crippen LogP contribution in [0.3, 0.4) is 0 Å². The lowest BCUT2D eigenvalue weighted by atomic mass is 9.95. The number of para-hydroxylation sites is 1. The molecular formula is C30H35N3O5S. The van der Waals surface area contributed by atoms with Crippen molar-refractivity contribution in [2.45, 2.75) is 71.4 Å². The molecule has 1 unspecified atom stereocenters. The number of carbonyl (C=O) groups is 3. The summed E-state index contributed by atoms with van der Waals surface area (Å²) in [6.07, 6.45) is 5.66. The number of likely N-dealkylation sites (N-methyl/N-ethyl adjacent to an activating group) is 1. The van der Waals surface area contributed by atoms with Crippen LogP contribution >= 0.6 is 11.3 Å². The largest absolute Gasteiger partial charge is 0.465 e. The molecule has 2 aliphatic rings. The number of aromatic nitrogens is 1. The SMILES string of the molecule is CCN1CCc2nc3ccccc3c(C(=O)OC(C)C(=O)Nc3sc4c(c3C(=O)OC)CCCCCC4)c2C1. The summed E-state index contributed by atoms with van der Waals surface area (Å²) >= 11 is 1.43. The minimum absolute atomic E-state index is 0.431. The van der Waals surface area contributed by atoms with Gasteiger partial charge in [0.1, 0.15) is 5.00 Å². The van der Waals surface area contributed by atoms with Crippen molar-refractivity contribution in [2.24, 2.45) is 0 Å². The van der Waals surface area contributed by atoms with E-state index in [2.05, 4.69) is 17.1 Å². The van der Waals surface area contributed by atoms with Gasteiger partial charge in [-0.05, 0) is 50.8 Å². The topological polar surface area (TPSA) is 97.8 Å². The zero-order chi connectivity index (χ0) is 27.5. The van der Waals surface area contributed by atoms with Crippen LogP contribution in [0.5, 0.6) is 0 Å². The van der Waals surface area contributed by atoms with Crippen LogP contribution in [0.25, 0.3) is 10.9 Å². The van der Waals surface area contributed by atoms with Crippen molar-refractivity contribution in [1.29, 1.82) is 0 Å². The molecule has 3 heterocycles. The first-order valence-corrected chi connectivity index (χ1v) is 14.6. The number of carbonyl (C=O) groups excluding carboxylic acids is 3. The van der Waals surface area contributed by atoms with E-state index in [4.69, 9.17) is 14.5 Å². The van der Waals surface area contributed by atoms with Crippen LogP contribution in [-0.4, -0.2) is 54.0 Å². The number of hydrogen-bond acceptors (Lipinski definition) is 8. The third kappa shape index (κ3) is 5.56. The summed E-state index contributed by atoms with van der Waals surface area (Å²) in [5, 5.41) is 4.06. The molecule has 0 spiro atoms. The molecular weight excluding hydrogens is 514 g/mol. The zero-order valence-electron chi connectivity index (χ0n) is 22.8. The Morgan fingerprint density at radius 3 is 2.56 bits per heavy atom. The molecule has 0 saturated heterocycles. The number of anilines is 1. The second-order valence-electron chi connectivity index (χ2n) is 10.2. The highest BCUT2D eigenvalue weighted by atomic mass is 32.1. The summed E-state index contributed by atoms with van der Waals surface area (Å²) in [6.45, 7) is 6.02. The van der Waals surface area contributed by atoms with E-state index in [0.717, 1.165) is 90.6 Å². The summed E-state index contributed by atoms with van der Waals surface area (Å²) in [7, 11) is 1.35. The number of nitrogens with zero attached hydrogens (tertiary/aromatic N) is 2. The van der Waals surface area contributed by atoms with Gasteiger partial charge in [-0.1, -0.05) is 38.0 Å². The molecule has 1 atom stereocenters. The molecule has 3 aromatic rings. The summed E-state index contributed by atoms with van der Waals surface area (Å²) in [6, 6.07) is 7.55. The lowest BCUT2D eigenvalue weighted by Gasteiger charge is -2.29. The molecule has 0 saturated carbocycles. The van der Waals surface area contributed by atoms with E-state index >= 15 is 0 Å². The van der Waals surface area contributed by atoms with Crippen molar-refractivity contribution >= 4 is 45.1 Å². The monoisotopic (exact) mass is 549 g/mol. The van der Waals surface area contributed by atoms with Gasteiger partial charge in [0.05, 0.1) is 23.8 Å². The van der Waals surface area contributed by atoms with Crippen molar-refractivity contribution in [1.82, 2.24) is 9.88 Å². The fourth-order valence-corrected chi connectivity index (χ4v) is 6.84. The van der Waals surface area contributed by atoms with Crippen LogP contribution in [0.15, 0.2) is 24.3 Å². The average molecular weight is 550 g/mol. The van der Waals surface area contributed by atoms with Crippen LogP contribution in [0.1, 0.15) is 81.9 Å². The maximum atomic E-state index is 13.6. The number of nitrogens with one attached hydrogen (secondary N) is 1. The number of pyridine rings is 1. The van der Waals surface area contributed by atoms with Gasteiger partial charge in [-0.3, -0.25) is 14.7 Å². The number of rotatable bonds is 6. The van der Waals surface area contributed by atoms with Gasteiger partial charge in [0.2, 0.25) is 0 Å². The van der Waals surface area contributed by atoms with E-state index in [1.165, 1.54) is 18.4 Å². The smallest absolute Gasteiger partial charge is 0.341 e. The van der Waals surface area contributed by atoms with Gasteiger partial charge in [-0.15, -0.1) is 11.3 Å². The highest BCUT2D eigenvalue weighted by Crippen LogP contribution is 2.38. The second-order valence-corrected chi connectivity index (χ2v) is 11.3. The quantitative estimate of drug-likeness (QED) is 0.417. The number of fused-ring (bicyclic) bond motifs is 3. The highest BCUT2D eigenvalue weighted by Gasteiger charge is 2.30. The zero-order valence-corrected chi connectivity index (χ0v) is 23.6. The summed E-state index contributed by atoms with van der Waals surface area (Å²) in [4.78, 5) is 47.9. The van der Waals surface area contributed by atoms with Gasteiger partial charge in [0.15, 0.2) is 6.10 Å². The Morgan fingerprint density at radius 2 is 1.79 bits per heavy atom. The molecule has 1 aliphatic carbocycles.